The first-order valence-electron chi connectivity index (χ1n) is 6.85. The number of hydrogen-bond donors (Lipinski definition) is 1. The summed E-state index contributed by atoms with van der Waals surface area (Å²) in [5.41, 5.74) is 1.24. The molecule has 1 N–H and O–H groups in total. The molecule has 4 nitrogen and oxygen atoms in total. The highest BCUT2D eigenvalue weighted by molar-refractivity contribution is 5.39. The summed E-state index contributed by atoms with van der Waals surface area (Å²) in [7, 11) is 0. The average Bonchev–Trinajstić information content (AvgIpc) is 2.46. The van der Waals surface area contributed by atoms with Crippen LogP contribution in [0, 0.1) is 0 Å². The lowest BCUT2D eigenvalue weighted by molar-refractivity contribution is 0.0381. The van der Waals surface area contributed by atoms with Gasteiger partial charge in [0.1, 0.15) is 5.82 Å². The van der Waals surface area contributed by atoms with Crippen LogP contribution in [0.15, 0.2) is 18.3 Å². The molecule has 1 atom stereocenters. The Balaban J connectivity index is 1.96. The standard InChI is InChI=1S/C14H23N3O/c1-3-13-11-17(7-8-18-13)14-6-5-12(10-16-14)9-15-4-2/h5-6,10,13,15H,3-4,7-9,11H2,1-2H3. The van der Waals surface area contributed by atoms with E-state index in [1.165, 1.54) is 5.56 Å². The third-order valence-electron chi connectivity index (χ3n) is 3.31. The van der Waals surface area contributed by atoms with E-state index in [0.29, 0.717) is 6.10 Å². The van der Waals surface area contributed by atoms with Crippen molar-refractivity contribution in [3.05, 3.63) is 23.9 Å². The SMILES string of the molecule is CCNCc1ccc(N2CCOC(CC)C2)nc1. The summed E-state index contributed by atoms with van der Waals surface area (Å²) in [6, 6.07) is 4.27. The van der Waals surface area contributed by atoms with Crippen molar-refractivity contribution in [2.24, 2.45) is 0 Å². The molecule has 0 radical (unpaired) electrons. The molecule has 1 saturated heterocycles. The molecular formula is C14H23N3O. The molecular weight excluding hydrogens is 226 g/mol. The number of hydrogen-bond acceptors (Lipinski definition) is 4. The lowest BCUT2D eigenvalue weighted by Gasteiger charge is -2.33. The maximum Gasteiger partial charge on any atom is 0.128 e. The van der Waals surface area contributed by atoms with Crippen molar-refractivity contribution in [3.63, 3.8) is 0 Å². The van der Waals surface area contributed by atoms with Gasteiger partial charge >= 0.3 is 0 Å². The third kappa shape index (κ3) is 3.43. The smallest absolute Gasteiger partial charge is 0.128 e. The van der Waals surface area contributed by atoms with Gasteiger partial charge in [-0.05, 0) is 24.6 Å². The minimum absolute atomic E-state index is 0.349. The molecule has 2 rings (SSSR count). The Bertz CT molecular complexity index is 353. The van der Waals surface area contributed by atoms with E-state index in [1.807, 2.05) is 6.20 Å². The number of anilines is 1. The molecule has 0 aromatic carbocycles. The summed E-state index contributed by atoms with van der Waals surface area (Å²) in [6.07, 6.45) is 3.38. The zero-order chi connectivity index (χ0) is 12.8. The van der Waals surface area contributed by atoms with Crippen molar-refractivity contribution in [2.45, 2.75) is 32.9 Å². The van der Waals surface area contributed by atoms with E-state index in [1.54, 1.807) is 0 Å². The molecule has 1 fully saturated rings. The number of ether oxygens (including phenoxy) is 1. The first-order valence-corrected chi connectivity index (χ1v) is 6.85. The number of pyridine rings is 1. The van der Waals surface area contributed by atoms with Gasteiger partial charge in [0, 0.05) is 25.8 Å². The van der Waals surface area contributed by atoms with Crippen molar-refractivity contribution < 1.29 is 4.74 Å². The highest BCUT2D eigenvalue weighted by Crippen LogP contribution is 2.16. The molecule has 2 heterocycles. The van der Waals surface area contributed by atoms with Gasteiger partial charge in [-0.3, -0.25) is 0 Å². The predicted octanol–water partition coefficient (Wildman–Crippen LogP) is 1.81. The summed E-state index contributed by atoms with van der Waals surface area (Å²) in [5.74, 6) is 1.07. The summed E-state index contributed by atoms with van der Waals surface area (Å²) >= 11 is 0. The normalized spacial score (nSPS) is 20.1. The zero-order valence-corrected chi connectivity index (χ0v) is 11.4. The molecule has 100 valence electrons. The highest BCUT2D eigenvalue weighted by atomic mass is 16.5. The molecule has 1 aliphatic rings. The van der Waals surface area contributed by atoms with Gasteiger partial charge in [0.25, 0.3) is 0 Å². The molecule has 0 amide bonds. The van der Waals surface area contributed by atoms with Gasteiger partial charge in [0.05, 0.1) is 12.7 Å². The minimum Gasteiger partial charge on any atom is -0.375 e. The molecule has 1 aromatic heterocycles. The van der Waals surface area contributed by atoms with Crippen molar-refractivity contribution >= 4 is 5.82 Å². The minimum atomic E-state index is 0.349. The van der Waals surface area contributed by atoms with Gasteiger partial charge in [-0.2, -0.15) is 0 Å². The Morgan fingerprint density at radius 1 is 1.44 bits per heavy atom. The topological polar surface area (TPSA) is 37.4 Å². The van der Waals surface area contributed by atoms with E-state index in [9.17, 15) is 0 Å². The van der Waals surface area contributed by atoms with Crippen LogP contribution in [-0.2, 0) is 11.3 Å². The Morgan fingerprint density at radius 2 is 2.33 bits per heavy atom. The largest absolute Gasteiger partial charge is 0.375 e. The molecule has 1 unspecified atom stereocenters. The summed E-state index contributed by atoms with van der Waals surface area (Å²) in [6.45, 7) is 8.86. The lowest BCUT2D eigenvalue weighted by atomic mass is 10.2. The fraction of sp³-hybridized carbons (Fsp3) is 0.643. The van der Waals surface area contributed by atoms with Gasteiger partial charge in [-0.15, -0.1) is 0 Å². The maximum absolute atomic E-state index is 5.68. The van der Waals surface area contributed by atoms with Crippen LogP contribution in [0.25, 0.3) is 0 Å². The van der Waals surface area contributed by atoms with Gasteiger partial charge in [-0.1, -0.05) is 19.9 Å². The van der Waals surface area contributed by atoms with E-state index in [0.717, 1.165) is 45.0 Å². The van der Waals surface area contributed by atoms with Crippen LogP contribution >= 0.6 is 0 Å². The Hall–Kier alpha value is -1.13. The van der Waals surface area contributed by atoms with Crippen molar-refractivity contribution in [1.29, 1.82) is 0 Å². The second-order valence-corrected chi connectivity index (χ2v) is 4.65. The van der Waals surface area contributed by atoms with Crippen LogP contribution in [0.5, 0.6) is 0 Å². The number of rotatable bonds is 5. The molecule has 0 aliphatic carbocycles. The van der Waals surface area contributed by atoms with Crippen molar-refractivity contribution in [2.75, 3.05) is 31.1 Å². The lowest BCUT2D eigenvalue weighted by Crippen LogP contribution is -2.42. The average molecular weight is 249 g/mol. The van der Waals surface area contributed by atoms with Gasteiger partial charge in [0.2, 0.25) is 0 Å². The van der Waals surface area contributed by atoms with Crippen molar-refractivity contribution in [1.82, 2.24) is 10.3 Å². The predicted molar refractivity (Wildman–Crippen MR) is 73.9 cm³/mol. The maximum atomic E-state index is 5.68. The van der Waals surface area contributed by atoms with Gasteiger partial charge in [-0.25, -0.2) is 4.98 Å². The second kappa shape index (κ2) is 6.71. The molecule has 0 saturated carbocycles. The van der Waals surface area contributed by atoms with Crippen LogP contribution in [0.1, 0.15) is 25.8 Å². The van der Waals surface area contributed by atoms with E-state index in [-0.39, 0.29) is 0 Å². The van der Waals surface area contributed by atoms with Gasteiger partial charge < -0.3 is 15.0 Å². The first-order chi connectivity index (χ1) is 8.83. The number of nitrogens with one attached hydrogen (secondary N) is 1. The molecule has 1 aliphatic heterocycles. The van der Waals surface area contributed by atoms with Crippen molar-refractivity contribution in [3.8, 4) is 0 Å². The fourth-order valence-corrected chi connectivity index (χ4v) is 2.15. The zero-order valence-electron chi connectivity index (χ0n) is 11.4. The van der Waals surface area contributed by atoms with E-state index >= 15 is 0 Å². The van der Waals surface area contributed by atoms with Crippen LogP contribution in [-0.4, -0.2) is 37.3 Å². The number of aromatic nitrogens is 1. The monoisotopic (exact) mass is 249 g/mol. The van der Waals surface area contributed by atoms with Gasteiger partial charge in [0.15, 0.2) is 0 Å². The highest BCUT2D eigenvalue weighted by Gasteiger charge is 2.19. The van der Waals surface area contributed by atoms with E-state index in [4.69, 9.17) is 4.74 Å². The first kappa shape index (κ1) is 13.3. The number of nitrogens with zero attached hydrogens (tertiary/aromatic N) is 2. The van der Waals surface area contributed by atoms with Crippen LogP contribution in [0.2, 0.25) is 0 Å². The molecule has 1 aromatic rings. The number of morpholine rings is 1. The molecule has 4 heteroatoms. The Kier molecular flexibility index (Phi) is 4.96. The molecule has 0 spiro atoms. The third-order valence-corrected chi connectivity index (χ3v) is 3.31. The van der Waals surface area contributed by atoms with Crippen LogP contribution in [0.4, 0.5) is 5.82 Å². The summed E-state index contributed by atoms with van der Waals surface area (Å²) in [4.78, 5) is 6.87. The second-order valence-electron chi connectivity index (χ2n) is 4.65. The quantitative estimate of drug-likeness (QED) is 0.863. The Morgan fingerprint density at radius 3 is 3.00 bits per heavy atom. The molecule has 18 heavy (non-hydrogen) atoms. The van der Waals surface area contributed by atoms with Crippen LogP contribution < -0.4 is 10.2 Å². The van der Waals surface area contributed by atoms with Crippen LogP contribution in [0.3, 0.4) is 0 Å². The van der Waals surface area contributed by atoms with E-state index in [2.05, 4.69) is 41.2 Å². The fourth-order valence-electron chi connectivity index (χ4n) is 2.15. The summed E-state index contributed by atoms with van der Waals surface area (Å²) < 4.78 is 5.68. The van der Waals surface area contributed by atoms with E-state index < -0.39 is 0 Å². The molecule has 0 bridgehead atoms. The Labute approximate surface area is 109 Å². The summed E-state index contributed by atoms with van der Waals surface area (Å²) in [5, 5.41) is 3.31.